The molecule has 3 rings (SSSR count). The number of fused-ring (bicyclic) bond motifs is 1. The van der Waals surface area contributed by atoms with E-state index in [9.17, 15) is 27.7 Å². The molecule has 2 heterocycles. The topological polar surface area (TPSA) is 78.3 Å². The Hall–Kier alpha value is -2.71. The summed E-state index contributed by atoms with van der Waals surface area (Å²) in [5.41, 5.74) is 0.151. The van der Waals surface area contributed by atoms with Gasteiger partial charge in [-0.15, -0.1) is 0 Å². The molecule has 2 amide bonds. The number of nitroso groups, excluding NO2 is 1. The molecule has 0 radical (unpaired) electrons. The normalized spacial score (nSPS) is 25.2. The van der Waals surface area contributed by atoms with E-state index in [-0.39, 0.29) is 30.5 Å². The number of amides is 2. The van der Waals surface area contributed by atoms with Crippen molar-refractivity contribution in [2.24, 2.45) is 0 Å². The fourth-order valence-corrected chi connectivity index (χ4v) is 3.10. The summed E-state index contributed by atoms with van der Waals surface area (Å²) in [5, 5.41) is 5.05. The molecule has 0 bridgehead atoms. The summed E-state index contributed by atoms with van der Waals surface area (Å²) >= 11 is 0. The molecule has 3 atom stereocenters. The van der Waals surface area contributed by atoms with Gasteiger partial charge in [-0.05, 0) is 18.6 Å². The highest BCUT2D eigenvalue weighted by Gasteiger charge is 2.47. The number of halogens is 3. The van der Waals surface area contributed by atoms with E-state index in [1.165, 1.54) is 12.1 Å². The second kappa shape index (κ2) is 7.27. The van der Waals surface area contributed by atoms with Gasteiger partial charge in [0, 0.05) is 39.8 Å². The van der Waals surface area contributed by atoms with Gasteiger partial charge in [0.25, 0.3) is 0 Å². The maximum Gasteiger partial charge on any atom is 0.340 e. The molecule has 2 aliphatic heterocycles. The molecule has 1 saturated heterocycles. The van der Waals surface area contributed by atoms with Crippen LogP contribution in [0.4, 0.5) is 13.2 Å². The molecule has 0 spiro atoms. The third kappa shape index (κ3) is 3.76. The van der Waals surface area contributed by atoms with Gasteiger partial charge in [-0.3, -0.25) is 9.59 Å². The molecule has 26 heavy (non-hydrogen) atoms. The van der Waals surface area contributed by atoms with Crippen LogP contribution >= 0.6 is 0 Å². The molecule has 2 aliphatic rings. The van der Waals surface area contributed by atoms with Crippen LogP contribution in [0.15, 0.2) is 29.8 Å². The van der Waals surface area contributed by atoms with Crippen molar-refractivity contribution in [3.63, 3.8) is 0 Å². The van der Waals surface area contributed by atoms with E-state index in [0.29, 0.717) is 17.2 Å². The molecule has 9 heteroatoms. The van der Waals surface area contributed by atoms with Crippen LogP contribution in [0, 0.1) is 16.5 Å². The van der Waals surface area contributed by atoms with E-state index in [4.69, 9.17) is 0 Å². The number of nitrogens with one attached hydrogen (secondary N) is 2. The predicted octanol–water partition coefficient (Wildman–Crippen LogP) is 1.63. The van der Waals surface area contributed by atoms with Crippen molar-refractivity contribution in [1.82, 2.24) is 10.6 Å². The Bertz CT molecular complexity index is 797. The van der Waals surface area contributed by atoms with Crippen LogP contribution in [0.3, 0.4) is 0 Å². The third-order valence-electron chi connectivity index (χ3n) is 4.52. The Labute approximate surface area is 147 Å². The van der Waals surface area contributed by atoms with Gasteiger partial charge in [-0.25, -0.2) is 8.78 Å². The maximum absolute atomic E-state index is 13.5. The van der Waals surface area contributed by atoms with Gasteiger partial charge in [0.05, 0.1) is 12.5 Å². The monoisotopic (exact) mass is 368 g/mol. The summed E-state index contributed by atoms with van der Waals surface area (Å²) in [7, 11) is 0. The van der Waals surface area contributed by atoms with Crippen molar-refractivity contribution < 1.29 is 27.5 Å². The predicted molar refractivity (Wildman–Crippen MR) is 84.4 cm³/mol. The highest BCUT2D eigenvalue weighted by molar-refractivity contribution is 5.99. The summed E-state index contributed by atoms with van der Waals surface area (Å²) in [6.07, 6.45) is -0.268. The SMILES string of the molecule is O=C(CC1=CC2C(CCC(F)[N+]2=O)NC1=O)NCc1ccc(F)cc1F. The van der Waals surface area contributed by atoms with Crippen LogP contribution in [0.1, 0.15) is 24.8 Å². The van der Waals surface area contributed by atoms with Crippen LogP contribution in [0.5, 0.6) is 0 Å². The van der Waals surface area contributed by atoms with Gasteiger partial charge in [0.15, 0.2) is 0 Å². The number of nitrogens with zero attached hydrogens (tertiary/aromatic N) is 1. The first kappa shape index (κ1) is 18.1. The summed E-state index contributed by atoms with van der Waals surface area (Å²) in [6, 6.07) is 1.65. The Kier molecular flexibility index (Phi) is 5.06. The second-order valence-corrected chi connectivity index (χ2v) is 6.32. The number of hydrogen-bond acceptors (Lipinski definition) is 3. The second-order valence-electron chi connectivity index (χ2n) is 6.32. The van der Waals surface area contributed by atoms with Gasteiger partial charge in [-0.1, -0.05) is 6.07 Å². The first-order valence-electron chi connectivity index (χ1n) is 8.17. The Morgan fingerprint density at radius 1 is 1.31 bits per heavy atom. The molecule has 1 fully saturated rings. The van der Waals surface area contributed by atoms with Crippen LogP contribution in [0.2, 0.25) is 0 Å². The zero-order valence-electron chi connectivity index (χ0n) is 13.7. The minimum atomic E-state index is -1.64. The van der Waals surface area contributed by atoms with Crippen molar-refractivity contribution in [3.05, 3.63) is 52.0 Å². The molecule has 0 aromatic heterocycles. The molecule has 1 aromatic carbocycles. The number of carbonyl (C=O) groups excluding carboxylic acids is 2. The highest BCUT2D eigenvalue weighted by Crippen LogP contribution is 2.25. The van der Waals surface area contributed by atoms with Crippen molar-refractivity contribution in [1.29, 1.82) is 0 Å². The molecule has 2 N–H and O–H groups in total. The van der Waals surface area contributed by atoms with Crippen molar-refractivity contribution in [2.45, 2.75) is 44.2 Å². The molecular weight excluding hydrogens is 351 g/mol. The van der Waals surface area contributed by atoms with Crippen LogP contribution in [0.25, 0.3) is 0 Å². The molecule has 6 nitrogen and oxygen atoms in total. The van der Waals surface area contributed by atoms with E-state index >= 15 is 0 Å². The van der Waals surface area contributed by atoms with Crippen LogP contribution in [-0.4, -0.2) is 35.0 Å². The average Bonchev–Trinajstić information content (AvgIpc) is 2.59. The van der Waals surface area contributed by atoms with Gasteiger partial charge in [0.1, 0.15) is 11.6 Å². The summed E-state index contributed by atoms with van der Waals surface area (Å²) < 4.78 is 40.2. The average molecular weight is 368 g/mol. The summed E-state index contributed by atoms with van der Waals surface area (Å²) in [5.74, 6) is -2.57. The Morgan fingerprint density at radius 3 is 2.81 bits per heavy atom. The minimum absolute atomic E-state index is 0.0395. The van der Waals surface area contributed by atoms with Crippen LogP contribution in [-0.2, 0) is 16.1 Å². The van der Waals surface area contributed by atoms with Crippen molar-refractivity contribution >= 4 is 11.8 Å². The highest BCUT2D eigenvalue weighted by atomic mass is 19.1. The number of hydrogen-bond donors (Lipinski definition) is 2. The lowest BCUT2D eigenvalue weighted by Crippen LogP contribution is -2.55. The molecule has 1 aromatic rings. The fraction of sp³-hybridized carbons (Fsp3) is 0.412. The number of piperidine rings is 1. The molecule has 0 saturated carbocycles. The minimum Gasteiger partial charge on any atom is -0.352 e. The molecule has 138 valence electrons. The van der Waals surface area contributed by atoms with Crippen molar-refractivity contribution in [2.75, 3.05) is 0 Å². The fourth-order valence-electron chi connectivity index (χ4n) is 3.10. The quantitative estimate of drug-likeness (QED) is 0.626. The standard InChI is InChI=1S/C17H16F3N3O3/c18-11-2-1-9(12(19)7-11)8-21-16(24)6-10-5-14-13(22-17(10)25)3-4-15(20)23(14)26/h1-2,5,7,13-15H,3-4,6,8H2,(H-,21,22,24,25)/p+1. The largest absolute Gasteiger partial charge is 0.352 e. The number of alkyl halides is 1. The first-order valence-corrected chi connectivity index (χ1v) is 8.17. The number of benzene rings is 1. The van der Waals surface area contributed by atoms with E-state index in [2.05, 4.69) is 10.6 Å². The lowest BCUT2D eigenvalue weighted by atomic mass is 9.91. The molecular formula is C17H17F3N3O3+. The van der Waals surface area contributed by atoms with Crippen LogP contribution < -0.4 is 10.6 Å². The van der Waals surface area contributed by atoms with Gasteiger partial charge in [0.2, 0.25) is 17.9 Å². The number of carbonyl (C=O) groups is 2. The number of rotatable bonds is 4. The van der Waals surface area contributed by atoms with Gasteiger partial charge in [-0.2, -0.15) is 4.39 Å². The van der Waals surface area contributed by atoms with E-state index in [1.54, 1.807) is 0 Å². The van der Waals surface area contributed by atoms with Gasteiger partial charge >= 0.3 is 6.30 Å². The summed E-state index contributed by atoms with van der Waals surface area (Å²) in [6.45, 7) is -0.174. The summed E-state index contributed by atoms with van der Waals surface area (Å²) in [4.78, 5) is 35.9. The Morgan fingerprint density at radius 2 is 2.08 bits per heavy atom. The lowest BCUT2D eigenvalue weighted by molar-refractivity contribution is -0.648. The van der Waals surface area contributed by atoms with Gasteiger partial charge < -0.3 is 10.6 Å². The zero-order valence-corrected chi connectivity index (χ0v) is 13.7. The van der Waals surface area contributed by atoms with E-state index in [0.717, 1.165) is 6.07 Å². The third-order valence-corrected chi connectivity index (χ3v) is 4.52. The molecule has 0 aliphatic carbocycles. The van der Waals surface area contributed by atoms with E-state index < -0.39 is 41.8 Å². The Balaban J connectivity index is 1.63. The zero-order chi connectivity index (χ0) is 18.8. The first-order chi connectivity index (χ1) is 12.3. The lowest BCUT2D eigenvalue weighted by Gasteiger charge is -2.29. The van der Waals surface area contributed by atoms with Crippen molar-refractivity contribution in [3.8, 4) is 0 Å². The smallest absolute Gasteiger partial charge is 0.340 e. The molecule has 3 unspecified atom stereocenters. The van der Waals surface area contributed by atoms with E-state index in [1.807, 2.05) is 0 Å². The maximum atomic E-state index is 13.5.